The van der Waals surface area contributed by atoms with Crippen molar-refractivity contribution in [2.75, 3.05) is 20.1 Å². The molecule has 1 unspecified atom stereocenters. The molecule has 0 aromatic heterocycles. The maximum atomic E-state index is 4.13. The van der Waals surface area contributed by atoms with Crippen LogP contribution in [0, 0.1) is 5.92 Å². The lowest BCUT2D eigenvalue weighted by Crippen LogP contribution is -2.31. The minimum absolute atomic E-state index is 0.706. The molecule has 0 amide bonds. The van der Waals surface area contributed by atoms with Crippen molar-refractivity contribution in [2.24, 2.45) is 10.9 Å². The van der Waals surface area contributed by atoms with Gasteiger partial charge < -0.3 is 9.89 Å². The van der Waals surface area contributed by atoms with E-state index in [4.69, 9.17) is 0 Å². The lowest BCUT2D eigenvalue weighted by atomic mass is 10.0. The van der Waals surface area contributed by atoms with E-state index in [1.807, 2.05) is 7.05 Å². The minimum Gasteiger partial charge on any atom is -0.301 e. The van der Waals surface area contributed by atoms with E-state index in [2.05, 4.69) is 30.0 Å². The molecular weight excluding hydrogens is 160 g/mol. The molecule has 0 aromatic carbocycles. The van der Waals surface area contributed by atoms with Crippen molar-refractivity contribution in [3.8, 4) is 0 Å². The highest BCUT2D eigenvalue weighted by Crippen LogP contribution is 2.17. The van der Waals surface area contributed by atoms with Gasteiger partial charge in [-0.3, -0.25) is 0 Å². The first kappa shape index (κ1) is 10.7. The highest BCUT2D eigenvalue weighted by atomic mass is 15.1. The average Bonchev–Trinajstić information content (AvgIpc) is 2.30. The van der Waals surface area contributed by atoms with Crippen molar-refractivity contribution in [3.05, 3.63) is 0 Å². The van der Waals surface area contributed by atoms with Gasteiger partial charge in [-0.1, -0.05) is 0 Å². The van der Waals surface area contributed by atoms with Gasteiger partial charge in [-0.15, -0.1) is 0 Å². The lowest BCUT2D eigenvalue weighted by molar-refractivity contribution is 0.230. The number of likely N-dealkylation sites (tertiary alicyclic amines) is 1. The standard InChI is InChI=1S/C11H22N2/c1-10(2)13-7-4-5-11(6-8-13)9-12-3/h9-11H,4-8H2,1-3H3. The van der Waals surface area contributed by atoms with Crippen LogP contribution in [0.2, 0.25) is 0 Å². The van der Waals surface area contributed by atoms with E-state index in [9.17, 15) is 0 Å². The molecule has 0 radical (unpaired) electrons. The average molecular weight is 182 g/mol. The SMILES string of the molecule is CN=CC1CCCN(C(C)C)CC1. The minimum atomic E-state index is 0.706. The molecule has 2 nitrogen and oxygen atoms in total. The second kappa shape index (κ2) is 5.38. The van der Waals surface area contributed by atoms with Crippen LogP contribution in [-0.4, -0.2) is 37.3 Å². The lowest BCUT2D eigenvalue weighted by Gasteiger charge is -2.24. The Morgan fingerprint density at radius 1 is 1.31 bits per heavy atom. The molecule has 1 aliphatic rings. The third-order valence-corrected chi connectivity index (χ3v) is 2.90. The smallest absolute Gasteiger partial charge is 0.0273 e. The maximum absolute atomic E-state index is 4.13. The summed E-state index contributed by atoms with van der Waals surface area (Å²) in [6, 6.07) is 0.706. The predicted molar refractivity (Wildman–Crippen MR) is 58.5 cm³/mol. The van der Waals surface area contributed by atoms with E-state index in [1.165, 1.54) is 32.4 Å². The van der Waals surface area contributed by atoms with E-state index < -0.39 is 0 Å². The number of hydrogen-bond donors (Lipinski definition) is 0. The van der Waals surface area contributed by atoms with Gasteiger partial charge in [0.25, 0.3) is 0 Å². The van der Waals surface area contributed by atoms with Crippen LogP contribution >= 0.6 is 0 Å². The van der Waals surface area contributed by atoms with Gasteiger partial charge in [-0.2, -0.15) is 0 Å². The molecule has 1 aliphatic heterocycles. The molecule has 1 heterocycles. The van der Waals surface area contributed by atoms with Gasteiger partial charge in [-0.05, 0) is 52.1 Å². The molecule has 76 valence electrons. The fourth-order valence-electron chi connectivity index (χ4n) is 2.02. The zero-order valence-corrected chi connectivity index (χ0v) is 9.16. The Morgan fingerprint density at radius 3 is 2.69 bits per heavy atom. The van der Waals surface area contributed by atoms with E-state index in [0.717, 1.165) is 5.92 Å². The highest BCUT2D eigenvalue weighted by Gasteiger charge is 2.16. The Morgan fingerprint density at radius 2 is 2.08 bits per heavy atom. The molecule has 13 heavy (non-hydrogen) atoms. The number of nitrogens with zero attached hydrogens (tertiary/aromatic N) is 2. The van der Waals surface area contributed by atoms with Crippen LogP contribution in [0.4, 0.5) is 0 Å². The van der Waals surface area contributed by atoms with Crippen molar-refractivity contribution in [3.63, 3.8) is 0 Å². The van der Waals surface area contributed by atoms with Crippen LogP contribution in [0.5, 0.6) is 0 Å². The van der Waals surface area contributed by atoms with Gasteiger partial charge in [0.2, 0.25) is 0 Å². The summed E-state index contributed by atoms with van der Waals surface area (Å²) < 4.78 is 0. The van der Waals surface area contributed by atoms with Crippen LogP contribution in [0.1, 0.15) is 33.1 Å². The monoisotopic (exact) mass is 182 g/mol. The molecule has 1 atom stereocenters. The van der Waals surface area contributed by atoms with Gasteiger partial charge in [0, 0.05) is 19.3 Å². The molecular formula is C11H22N2. The van der Waals surface area contributed by atoms with Gasteiger partial charge in [0.15, 0.2) is 0 Å². The van der Waals surface area contributed by atoms with E-state index in [0.29, 0.717) is 6.04 Å². The quantitative estimate of drug-likeness (QED) is 0.598. The molecule has 0 aromatic rings. The van der Waals surface area contributed by atoms with Gasteiger partial charge in [0.1, 0.15) is 0 Å². The molecule has 0 bridgehead atoms. The van der Waals surface area contributed by atoms with Gasteiger partial charge in [0.05, 0.1) is 0 Å². The van der Waals surface area contributed by atoms with Crippen molar-refractivity contribution in [2.45, 2.75) is 39.2 Å². The summed E-state index contributed by atoms with van der Waals surface area (Å²) in [4.78, 5) is 6.70. The summed E-state index contributed by atoms with van der Waals surface area (Å²) in [5.74, 6) is 0.730. The van der Waals surface area contributed by atoms with Crippen molar-refractivity contribution in [1.29, 1.82) is 0 Å². The third kappa shape index (κ3) is 3.47. The molecule has 1 fully saturated rings. The molecule has 1 saturated heterocycles. The molecule has 2 heteroatoms. The van der Waals surface area contributed by atoms with Crippen molar-refractivity contribution in [1.82, 2.24) is 4.90 Å². The number of aliphatic imine (C=N–C) groups is 1. The molecule has 0 spiro atoms. The fourth-order valence-corrected chi connectivity index (χ4v) is 2.02. The fraction of sp³-hybridized carbons (Fsp3) is 0.909. The second-order valence-electron chi connectivity index (χ2n) is 4.23. The summed E-state index contributed by atoms with van der Waals surface area (Å²) in [5.41, 5.74) is 0. The molecule has 0 saturated carbocycles. The Kier molecular flexibility index (Phi) is 4.43. The van der Waals surface area contributed by atoms with E-state index >= 15 is 0 Å². The zero-order chi connectivity index (χ0) is 9.68. The first-order valence-corrected chi connectivity index (χ1v) is 5.40. The Hall–Kier alpha value is -0.370. The van der Waals surface area contributed by atoms with Crippen LogP contribution < -0.4 is 0 Å². The van der Waals surface area contributed by atoms with Crippen LogP contribution in [0.25, 0.3) is 0 Å². The summed E-state index contributed by atoms with van der Waals surface area (Å²) in [6.07, 6.45) is 6.06. The van der Waals surface area contributed by atoms with Crippen molar-refractivity contribution >= 4 is 6.21 Å². The number of hydrogen-bond acceptors (Lipinski definition) is 2. The molecule has 1 rings (SSSR count). The Balaban J connectivity index is 2.39. The predicted octanol–water partition coefficient (Wildman–Crippen LogP) is 2.20. The van der Waals surface area contributed by atoms with E-state index in [1.54, 1.807) is 0 Å². The van der Waals surface area contributed by atoms with Crippen LogP contribution in [0.3, 0.4) is 0 Å². The van der Waals surface area contributed by atoms with Crippen LogP contribution in [0.15, 0.2) is 4.99 Å². The Labute approximate surface area is 82.0 Å². The van der Waals surface area contributed by atoms with E-state index in [-0.39, 0.29) is 0 Å². The van der Waals surface area contributed by atoms with Gasteiger partial charge in [-0.25, -0.2) is 0 Å². The normalized spacial score (nSPS) is 26.9. The first-order chi connectivity index (χ1) is 6.24. The topological polar surface area (TPSA) is 15.6 Å². The summed E-state index contributed by atoms with van der Waals surface area (Å²) in [7, 11) is 1.88. The summed E-state index contributed by atoms with van der Waals surface area (Å²) in [6.45, 7) is 7.09. The maximum Gasteiger partial charge on any atom is 0.0273 e. The van der Waals surface area contributed by atoms with Gasteiger partial charge >= 0.3 is 0 Å². The zero-order valence-electron chi connectivity index (χ0n) is 9.16. The molecule has 0 aliphatic carbocycles. The van der Waals surface area contributed by atoms with Crippen LogP contribution in [-0.2, 0) is 0 Å². The third-order valence-electron chi connectivity index (χ3n) is 2.90. The Bertz CT molecular complexity index is 163. The molecule has 0 N–H and O–H groups in total. The highest BCUT2D eigenvalue weighted by molar-refractivity contribution is 5.60. The van der Waals surface area contributed by atoms with Crippen molar-refractivity contribution < 1.29 is 0 Å². The first-order valence-electron chi connectivity index (χ1n) is 5.40. The number of rotatable bonds is 2. The summed E-state index contributed by atoms with van der Waals surface area (Å²) in [5, 5.41) is 0. The summed E-state index contributed by atoms with van der Waals surface area (Å²) >= 11 is 0. The second-order valence-corrected chi connectivity index (χ2v) is 4.23. The largest absolute Gasteiger partial charge is 0.301 e.